The summed E-state index contributed by atoms with van der Waals surface area (Å²) in [6.07, 6.45) is 4.50. The lowest BCUT2D eigenvalue weighted by molar-refractivity contribution is 0.306. The number of aromatic nitrogens is 3. The molecule has 0 amide bonds. The molecule has 3 rings (SSSR count). The summed E-state index contributed by atoms with van der Waals surface area (Å²) < 4.78 is 5.38. The highest BCUT2D eigenvalue weighted by molar-refractivity contribution is 5.52. The minimum Gasteiger partial charge on any atom is -0.338 e. The predicted molar refractivity (Wildman–Crippen MR) is 62.4 cm³/mol. The highest BCUT2D eigenvalue weighted by Gasteiger charge is 2.36. The molecule has 1 atom stereocenters. The van der Waals surface area contributed by atoms with E-state index in [-0.39, 0.29) is 5.41 Å². The molecular weight excluding hydrogens is 216 g/mol. The van der Waals surface area contributed by atoms with E-state index >= 15 is 0 Å². The average Bonchev–Trinajstić information content (AvgIpc) is 2.99. The fourth-order valence-electron chi connectivity index (χ4n) is 2.08. The smallest absolute Gasteiger partial charge is 0.234 e. The van der Waals surface area contributed by atoms with Crippen LogP contribution in [-0.4, -0.2) is 28.2 Å². The van der Waals surface area contributed by atoms with Gasteiger partial charge in [0.15, 0.2) is 0 Å². The zero-order valence-electron chi connectivity index (χ0n) is 9.68. The van der Waals surface area contributed by atoms with E-state index in [0.29, 0.717) is 11.7 Å². The van der Waals surface area contributed by atoms with Crippen LogP contribution in [0.25, 0.3) is 11.4 Å². The molecule has 17 heavy (non-hydrogen) atoms. The van der Waals surface area contributed by atoms with Gasteiger partial charge in [-0.25, -0.2) is 0 Å². The number of hydrogen-bond acceptors (Lipinski definition) is 5. The molecule has 3 heterocycles. The van der Waals surface area contributed by atoms with Crippen LogP contribution < -0.4 is 5.32 Å². The van der Waals surface area contributed by atoms with Gasteiger partial charge >= 0.3 is 0 Å². The summed E-state index contributed by atoms with van der Waals surface area (Å²) in [4.78, 5) is 8.53. The summed E-state index contributed by atoms with van der Waals surface area (Å²) in [5.74, 6) is 1.32. The minimum atomic E-state index is -0.0343. The van der Waals surface area contributed by atoms with E-state index in [1.54, 1.807) is 12.4 Å². The van der Waals surface area contributed by atoms with E-state index in [4.69, 9.17) is 4.52 Å². The molecule has 88 valence electrons. The summed E-state index contributed by atoms with van der Waals surface area (Å²) in [6, 6.07) is 3.79. The predicted octanol–water partition coefficient (Wildman–Crippen LogP) is 1.38. The van der Waals surface area contributed by atoms with Crippen LogP contribution in [0.5, 0.6) is 0 Å². The molecule has 1 saturated heterocycles. The Morgan fingerprint density at radius 1 is 1.47 bits per heavy atom. The van der Waals surface area contributed by atoms with Gasteiger partial charge in [-0.05, 0) is 32.0 Å². The fraction of sp³-hybridized carbons (Fsp3) is 0.417. The molecule has 5 nitrogen and oxygen atoms in total. The third-order valence-corrected chi connectivity index (χ3v) is 3.23. The van der Waals surface area contributed by atoms with Crippen LogP contribution in [0.3, 0.4) is 0 Å². The molecule has 0 aliphatic carbocycles. The van der Waals surface area contributed by atoms with Crippen LogP contribution in [0.4, 0.5) is 0 Å². The van der Waals surface area contributed by atoms with Gasteiger partial charge in [-0.2, -0.15) is 4.98 Å². The van der Waals surface area contributed by atoms with Crippen molar-refractivity contribution in [1.82, 2.24) is 20.4 Å². The van der Waals surface area contributed by atoms with Crippen molar-refractivity contribution in [2.45, 2.75) is 18.8 Å². The van der Waals surface area contributed by atoms with Crippen molar-refractivity contribution in [2.24, 2.45) is 0 Å². The molecule has 0 spiro atoms. The number of rotatable bonds is 2. The molecule has 1 N–H and O–H groups in total. The average molecular weight is 230 g/mol. The molecule has 1 aliphatic heterocycles. The Hall–Kier alpha value is -1.75. The van der Waals surface area contributed by atoms with Crippen molar-refractivity contribution in [1.29, 1.82) is 0 Å². The number of hydrogen-bond donors (Lipinski definition) is 1. The van der Waals surface area contributed by atoms with Crippen molar-refractivity contribution in [3.05, 3.63) is 30.4 Å². The van der Waals surface area contributed by atoms with Crippen molar-refractivity contribution < 1.29 is 4.52 Å². The van der Waals surface area contributed by atoms with Gasteiger partial charge in [0.2, 0.25) is 11.7 Å². The minimum absolute atomic E-state index is 0.0343. The molecule has 5 heteroatoms. The molecule has 0 aromatic carbocycles. The first-order chi connectivity index (χ1) is 8.28. The first kappa shape index (κ1) is 10.4. The second kappa shape index (κ2) is 3.92. The second-order valence-electron chi connectivity index (χ2n) is 4.65. The number of pyridine rings is 1. The SMILES string of the molecule is CC1(c2nc(-c3cccnc3)no2)CCNC1. The van der Waals surface area contributed by atoms with Crippen molar-refractivity contribution >= 4 is 0 Å². The lowest BCUT2D eigenvalue weighted by atomic mass is 9.90. The van der Waals surface area contributed by atoms with Crippen molar-refractivity contribution in [3.63, 3.8) is 0 Å². The first-order valence-corrected chi connectivity index (χ1v) is 5.73. The van der Waals surface area contributed by atoms with Gasteiger partial charge in [0.05, 0.1) is 5.41 Å². The Bertz CT molecular complexity index is 502. The summed E-state index contributed by atoms with van der Waals surface area (Å²) in [5, 5.41) is 7.34. The Balaban J connectivity index is 1.93. The van der Waals surface area contributed by atoms with Crippen LogP contribution in [0.1, 0.15) is 19.2 Å². The van der Waals surface area contributed by atoms with E-state index in [0.717, 1.165) is 25.1 Å². The van der Waals surface area contributed by atoms with Gasteiger partial charge in [0.1, 0.15) is 0 Å². The van der Waals surface area contributed by atoms with Gasteiger partial charge < -0.3 is 9.84 Å². The Kier molecular flexibility index (Phi) is 2.40. The van der Waals surface area contributed by atoms with Crippen LogP contribution >= 0.6 is 0 Å². The molecule has 0 radical (unpaired) electrons. The van der Waals surface area contributed by atoms with Crippen LogP contribution in [0, 0.1) is 0 Å². The fourth-order valence-corrected chi connectivity index (χ4v) is 2.08. The van der Waals surface area contributed by atoms with Gasteiger partial charge in [0, 0.05) is 24.5 Å². The highest BCUT2D eigenvalue weighted by Crippen LogP contribution is 2.29. The normalized spacial score (nSPS) is 24.1. The quantitative estimate of drug-likeness (QED) is 0.844. The van der Waals surface area contributed by atoms with E-state index in [1.807, 2.05) is 12.1 Å². The molecule has 2 aromatic rings. The summed E-state index contributed by atoms with van der Waals surface area (Å²) in [7, 11) is 0. The lowest BCUT2D eigenvalue weighted by Crippen LogP contribution is -2.25. The summed E-state index contributed by atoms with van der Waals surface area (Å²) in [6.45, 7) is 4.04. The monoisotopic (exact) mass is 230 g/mol. The van der Waals surface area contributed by atoms with Crippen LogP contribution in [-0.2, 0) is 5.41 Å². The Morgan fingerprint density at radius 2 is 2.41 bits per heavy atom. The zero-order valence-corrected chi connectivity index (χ0v) is 9.68. The molecule has 1 aliphatic rings. The maximum Gasteiger partial charge on any atom is 0.234 e. The van der Waals surface area contributed by atoms with Crippen LogP contribution in [0.2, 0.25) is 0 Å². The molecule has 2 aromatic heterocycles. The zero-order chi connectivity index (χ0) is 11.7. The largest absolute Gasteiger partial charge is 0.338 e. The summed E-state index contributed by atoms with van der Waals surface area (Å²) in [5.41, 5.74) is 0.852. The van der Waals surface area contributed by atoms with E-state index in [1.165, 1.54) is 0 Å². The molecule has 0 saturated carbocycles. The standard InChI is InChI=1S/C12H14N4O/c1-12(4-6-14-8-12)11-15-10(16-17-11)9-3-2-5-13-7-9/h2-3,5,7,14H,4,6,8H2,1H3. The maximum atomic E-state index is 5.38. The third kappa shape index (κ3) is 1.82. The topological polar surface area (TPSA) is 63.8 Å². The summed E-state index contributed by atoms with van der Waals surface area (Å²) >= 11 is 0. The van der Waals surface area contributed by atoms with Gasteiger partial charge in [-0.15, -0.1) is 0 Å². The number of nitrogens with zero attached hydrogens (tertiary/aromatic N) is 3. The van der Waals surface area contributed by atoms with E-state index < -0.39 is 0 Å². The maximum absolute atomic E-state index is 5.38. The van der Waals surface area contributed by atoms with Crippen molar-refractivity contribution in [3.8, 4) is 11.4 Å². The highest BCUT2D eigenvalue weighted by atomic mass is 16.5. The van der Waals surface area contributed by atoms with Crippen molar-refractivity contribution in [2.75, 3.05) is 13.1 Å². The molecule has 1 unspecified atom stereocenters. The molecule has 1 fully saturated rings. The molecule has 0 bridgehead atoms. The van der Waals surface area contributed by atoms with Crippen LogP contribution in [0.15, 0.2) is 29.0 Å². The Morgan fingerprint density at radius 3 is 3.12 bits per heavy atom. The Labute approximate surface area is 99.3 Å². The number of nitrogens with one attached hydrogen (secondary N) is 1. The van der Waals surface area contributed by atoms with Gasteiger partial charge in [-0.3, -0.25) is 4.98 Å². The van der Waals surface area contributed by atoms with Gasteiger partial charge in [-0.1, -0.05) is 5.16 Å². The first-order valence-electron chi connectivity index (χ1n) is 5.73. The van der Waals surface area contributed by atoms with E-state index in [2.05, 4.69) is 27.4 Å². The molecular formula is C12H14N4O. The van der Waals surface area contributed by atoms with Gasteiger partial charge in [0.25, 0.3) is 0 Å². The second-order valence-corrected chi connectivity index (χ2v) is 4.65. The lowest BCUT2D eigenvalue weighted by Gasteiger charge is -2.15. The third-order valence-electron chi connectivity index (χ3n) is 3.23. The van der Waals surface area contributed by atoms with E-state index in [9.17, 15) is 0 Å².